The number of hydrogen-bond acceptors (Lipinski definition) is 1. The standard InChI is InChI=1S/C17H17F2O.K/c1-2-3-4-6-13-7-5-8-16(9-13)20-17-11-14(18)10-15(19)12-17;/h2,5,7-12H,3-4,6H2,1H3;/q-1;+1. The fourth-order valence-corrected chi connectivity index (χ4v) is 2.00. The van der Waals surface area contributed by atoms with Crippen LogP contribution in [0.3, 0.4) is 0 Å². The fourth-order valence-electron chi connectivity index (χ4n) is 2.00. The van der Waals surface area contributed by atoms with Gasteiger partial charge in [-0.3, -0.25) is 0 Å². The maximum Gasteiger partial charge on any atom is 1.00 e. The first-order valence-electron chi connectivity index (χ1n) is 6.68. The normalized spacial score (nSPS) is 10.0. The molecule has 2 rings (SSSR count). The molecule has 0 N–H and O–H groups in total. The van der Waals surface area contributed by atoms with E-state index in [2.05, 4.69) is 6.42 Å². The summed E-state index contributed by atoms with van der Waals surface area (Å²) in [4.78, 5) is 0. The van der Waals surface area contributed by atoms with E-state index in [1.165, 1.54) is 12.1 Å². The first-order chi connectivity index (χ1) is 9.67. The van der Waals surface area contributed by atoms with E-state index in [1.807, 2.05) is 25.1 Å². The molecule has 4 heteroatoms. The molecule has 0 aliphatic rings. The molecule has 0 spiro atoms. The van der Waals surface area contributed by atoms with Crippen molar-refractivity contribution >= 4 is 0 Å². The number of aryl methyl sites for hydroxylation is 1. The van der Waals surface area contributed by atoms with Crippen molar-refractivity contribution in [1.29, 1.82) is 0 Å². The molecule has 0 aliphatic carbocycles. The van der Waals surface area contributed by atoms with Gasteiger partial charge in [0.25, 0.3) is 0 Å². The Hall–Kier alpha value is -0.264. The van der Waals surface area contributed by atoms with Gasteiger partial charge in [0.05, 0.1) is 0 Å². The first-order valence-corrected chi connectivity index (χ1v) is 6.68. The van der Waals surface area contributed by atoms with Gasteiger partial charge in [-0.25, -0.2) is 8.78 Å². The molecule has 0 amide bonds. The molecule has 0 heterocycles. The van der Waals surface area contributed by atoms with Gasteiger partial charge in [-0.15, -0.1) is 0 Å². The van der Waals surface area contributed by atoms with Gasteiger partial charge in [0.2, 0.25) is 0 Å². The van der Waals surface area contributed by atoms with Crippen molar-refractivity contribution in [2.45, 2.75) is 26.2 Å². The van der Waals surface area contributed by atoms with Crippen LogP contribution in [0.1, 0.15) is 25.3 Å². The predicted molar refractivity (Wildman–Crippen MR) is 75.8 cm³/mol. The Morgan fingerprint density at radius 3 is 2.38 bits per heavy atom. The van der Waals surface area contributed by atoms with Crippen LogP contribution < -0.4 is 56.1 Å². The third-order valence-corrected chi connectivity index (χ3v) is 2.93. The Bertz CT molecular complexity index is 552. The third kappa shape index (κ3) is 6.57. The van der Waals surface area contributed by atoms with Crippen molar-refractivity contribution in [3.63, 3.8) is 0 Å². The fraction of sp³-hybridized carbons (Fsp3) is 0.235. The molecule has 0 aromatic heterocycles. The molecular formula is C17H17F2KO. The molecule has 21 heavy (non-hydrogen) atoms. The van der Waals surface area contributed by atoms with Gasteiger partial charge in [0.15, 0.2) is 0 Å². The van der Waals surface area contributed by atoms with Crippen LogP contribution in [0.5, 0.6) is 11.5 Å². The van der Waals surface area contributed by atoms with Crippen molar-refractivity contribution in [2.24, 2.45) is 0 Å². The van der Waals surface area contributed by atoms with Crippen molar-refractivity contribution in [2.75, 3.05) is 0 Å². The van der Waals surface area contributed by atoms with Gasteiger partial charge >= 0.3 is 51.4 Å². The number of unbranched alkanes of at least 4 members (excludes halogenated alkanes) is 2. The molecular weight excluding hydrogens is 297 g/mol. The van der Waals surface area contributed by atoms with E-state index in [-0.39, 0.29) is 57.1 Å². The van der Waals surface area contributed by atoms with Gasteiger partial charge in [-0.2, -0.15) is 13.3 Å². The second-order valence-electron chi connectivity index (χ2n) is 4.66. The van der Waals surface area contributed by atoms with Gasteiger partial charge in [0.1, 0.15) is 23.1 Å². The van der Waals surface area contributed by atoms with Crippen molar-refractivity contribution in [3.8, 4) is 11.5 Å². The van der Waals surface area contributed by atoms with Gasteiger partial charge in [0, 0.05) is 18.2 Å². The largest absolute Gasteiger partial charge is 1.00 e. The van der Waals surface area contributed by atoms with E-state index in [4.69, 9.17) is 4.74 Å². The molecule has 0 fully saturated rings. The number of hydrogen-bond donors (Lipinski definition) is 0. The summed E-state index contributed by atoms with van der Waals surface area (Å²) in [5.74, 6) is -0.529. The maximum atomic E-state index is 13.1. The van der Waals surface area contributed by atoms with E-state index in [9.17, 15) is 8.78 Å². The smallest absolute Gasteiger partial charge is 0.457 e. The van der Waals surface area contributed by atoms with Crippen LogP contribution in [0.4, 0.5) is 8.78 Å². The second-order valence-corrected chi connectivity index (χ2v) is 4.66. The summed E-state index contributed by atoms with van der Waals surface area (Å²) in [6, 6.07) is 10.7. The van der Waals surface area contributed by atoms with Crippen molar-refractivity contribution < 1.29 is 64.9 Å². The molecule has 0 saturated carbocycles. The minimum absolute atomic E-state index is 0. The van der Waals surface area contributed by atoms with E-state index < -0.39 is 11.6 Å². The molecule has 0 atom stereocenters. The van der Waals surface area contributed by atoms with Gasteiger partial charge < -0.3 is 11.2 Å². The Kier molecular flexibility index (Phi) is 8.67. The Labute approximate surface area is 167 Å². The monoisotopic (exact) mass is 314 g/mol. The molecule has 0 saturated heterocycles. The van der Waals surface area contributed by atoms with Crippen molar-refractivity contribution in [3.05, 3.63) is 66.1 Å². The molecule has 2 aromatic rings. The first kappa shape index (κ1) is 18.8. The molecule has 0 radical (unpaired) electrons. The van der Waals surface area contributed by atoms with Crippen molar-refractivity contribution in [1.82, 2.24) is 0 Å². The van der Waals surface area contributed by atoms with Crippen LogP contribution in [0.15, 0.2) is 42.5 Å². The van der Waals surface area contributed by atoms with Crippen LogP contribution in [-0.4, -0.2) is 0 Å². The van der Waals surface area contributed by atoms with E-state index in [0.717, 1.165) is 30.9 Å². The number of ether oxygens (including phenoxy) is 1. The third-order valence-electron chi connectivity index (χ3n) is 2.93. The number of halogens is 2. The Morgan fingerprint density at radius 2 is 1.71 bits per heavy atom. The molecule has 2 aromatic carbocycles. The zero-order chi connectivity index (χ0) is 14.4. The molecule has 0 unspecified atom stereocenters. The average molecular weight is 314 g/mol. The van der Waals surface area contributed by atoms with Crippen LogP contribution >= 0.6 is 0 Å². The van der Waals surface area contributed by atoms with Gasteiger partial charge in [-0.05, 0) is 24.1 Å². The van der Waals surface area contributed by atoms with E-state index in [1.54, 1.807) is 6.07 Å². The minimum Gasteiger partial charge on any atom is -0.457 e. The summed E-state index contributed by atoms with van der Waals surface area (Å²) in [5, 5.41) is 0. The summed E-state index contributed by atoms with van der Waals surface area (Å²) in [7, 11) is 0. The second kappa shape index (κ2) is 9.69. The number of benzene rings is 2. The SMILES string of the molecule is C[CH-]CCCc1cccc(Oc2cc(F)cc(F)c2)c1.[K+]. The summed E-state index contributed by atoms with van der Waals surface area (Å²) in [6.07, 6.45) is 5.24. The van der Waals surface area contributed by atoms with Crippen LogP contribution in [0, 0.1) is 18.1 Å². The van der Waals surface area contributed by atoms with Crippen LogP contribution in [0.25, 0.3) is 0 Å². The summed E-state index contributed by atoms with van der Waals surface area (Å²) >= 11 is 0. The molecule has 0 aliphatic heterocycles. The molecule has 0 bridgehead atoms. The topological polar surface area (TPSA) is 9.23 Å². The van der Waals surface area contributed by atoms with Gasteiger partial charge in [-0.1, -0.05) is 18.6 Å². The molecule has 106 valence electrons. The minimum atomic E-state index is -0.644. The zero-order valence-electron chi connectivity index (χ0n) is 12.4. The van der Waals surface area contributed by atoms with E-state index >= 15 is 0 Å². The Morgan fingerprint density at radius 1 is 1.00 bits per heavy atom. The predicted octanol–water partition coefficient (Wildman–Crippen LogP) is 2.31. The molecule has 1 nitrogen and oxygen atoms in total. The summed E-state index contributed by atoms with van der Waals surface area (Å²) in [5.41, 5.74) is 1.15. The number of rotatable bonds is 6. The average Bonchev–Trinajstić information content (AvgIpc) is 2.38. The summed E-state index contributed by atoms with van der Waals surface area (Å²) in [6.45, 7) is 2.04. The zero-order valence-corrected chi connectivity index (χ0v) is 15.5. The quantitative estimate of drug-likeness (QED) is 0.452. The summed E-state index contributed by atoms with van der Waals surface area (Å²) < 4.78 is 31.7. The maximum absolute atomic E-state index is 13.1. The van der Waals surface area contributed by atoms with Crippen LogP contribution in [-0.2, 0) is 6.42 Å². The van der Waals surface area contributed by atoms with E-state index in [0.29, 0.717) is 5.75 Å². The Balaban J connectivity index is 0.00000220. The van der Waals surface area contributed by atoms with Crippen LogP contribution in [0.2, 0.25) is 0 Å².